The Morgan fingerprint density at radius 2 is 1.52 bits per heavy atom. The van der Waals surface area contributed by atoms with Gasteiger partial charge >= 0.3 is 5.97 Å². The number of allylic oxidation sites excluding steroid dienone is 1. The number of carbonyl (C=O) groups is 2. The molecule has 0 radical (unpaired) electrons. The summed E-state index contributed by atoms with van der Waals surface area (Å²) < 4.78 is 0. The van der Waals surface area contributed by atoms with E-state index < -0.39 is 5.97 Å². The molecule has 0 spiro atoms. The van der Waals surface area contributed by atoms with Crippen LogP contribution < -0.4 is 0 Å². The van der Waals surface area contributed by atoms with Gasteiger partial charge in [-0.05, 0) is 53.8 Å². The first kappa shape index (κ1) is 16.7. The average molecular weight is 308 g/mol. The number of benzene rings is 2. The zero-order valence-corrected chi connectivity index (χ0v) is 13.4. The predicted molar refractivity (Wildman–Crippen MR) is 92.0 cm³/mol. The van der Waals surface area contributed by atoms with E-state index in [0.717, 1.165) is 18.4 Å². The van der Waals surface area contributed by atoms with Gasteiger partial charge in [0.25, 0.3) is 0 Å². The Balaban J connectivity index is 2.16. The fourth-order valence-corrected chi connectivity index (χ4v) is 2.46. The molecule has 0 saturated heterocycles. The minimum absolute atomic E-state index is 0.0512. The average Bonchev–Trinajstić information content (AvgIpc) is 2.59. The van der Waals surface area contributed by atoms with Gasteiger partial charge in [-0.1, -0.05) is 44.2 Å². The molecule has 23 heavy (non-hydrogen) atoms. The number of aromatic carboxylic acids is 1. The van der Waals surface area contributed by atoms with E-state index in [1.165, 1.54) is 29.3 Å². The van der Waals surface area contributed by atoms with Crippen LogP contribution in [0.5, 0.6) is 0 Å². The van der Waals surface area contributed by atoms with Gasteiger partial charge in [-0.2, -0.15) is 0 Å². The third kappa shape index (κ3) is 4.16. The molecule has 3 heteroatoms. The van der Waals surface area contributed by atoms with E-state index in [1.807, 2.05) is 18.2 Å². The van der Waals surface area contributed by atoms with Crippen LogP contribution in [0.15, 0.2) is 48.5 Å². The lowest BCUT2D eigenvalue weighted by atomic mass is 9.98. The van der Waals surface area contributed by atoms with Crippen molar-refractivity contribution in [2.75, 3.05) is 0 Å². The fraction of sp³-hybridized carbons (Fsp3) is 0.200. The van der Waals surface area contributed by atoms with Gasteiger partial charge in [-0.25, -0.2) is 4.79 Å². The molecule has 2 rings (SSSR count). The lowest BCUT2D eigenvalue weighted by Gasteiger charge is -2.07. The molecule has 1 N–H and O–H groups in total. The number of hydrogen-bond donors (Lipinski definition) is 1. The van der Waals surface area contributed by atoms with Gasteiger partial charge in [0.05, 0.1) is 5.56 Å². The number of carboxylic acid groups (broad SMARTS) is 1. The third-order valence-electron chi connectivity index (χ3n) is 3.84. The van der Waals surface area contributed by atoms with Crippen LogP contribution in [0.4, 0.5) is 0 Å². The van der Waals surface area contributed by atoms with Crippen molar-refractivity contribution in [1.82, 2.24) is 0 Å². The van der Waals surface area contributed by atoms with Crippen molar-refractivity contribution >= 4 is 17.8 Å². The summed E-state index contributed by atoms with van der Waals surface area (Å²) in [6.45, 7) is 4.19. The van der Waals surface area contributed by atoms with Gasteiger partial charge in [0.15, 0.2) is 5.78 Å². The highest BCUT2D eigenvalue weighted by molar-refractivity contribution is 6.07. The Bertz CT molecular complexity index is 740. The van der Waals surface area contributed by atoms with E-state index in [2.05, 4.69) is 13.8 Å². The first-order chi connectivity index (χ1) is 11.0. The Morgan fingerprint density at radius 1 is 0.913 bits per heavy atom. The molecule has 0 bridgehead atoms. The van der Waals surface area contributed by atoms with Gasteiger partial charge in [0.1, 0.15) is 0 Å². The molecule has 0 aliphatic carbocycles. The summed E-state index contributed by atoms with van der Waals surface area (Å²) in [5.41, 5.74) is 4.19. The Morgan fingerprint density at radius 3 is 2.09 bits per heavy atom. The molecular formula is C20H20O3. The van der Waals surface area contributed by atoms with E-state index in [0.29, 0.717) is 5.56 Å². The Kier molecular flexibility index (Phi) is 5.47. The van der Waals surface area contributed by atoms with Crippen LogP contribution in [0.1, 0.15) is 51.3 Å². The number of aryl methyl sites for hydroxylation is 2. The van der Waals surface area contributed by atoms with Crippen LogP contribution in [0, 0.1) is 0 Å². The molecule has 0 heterocycles. The predicted octanol–water partition coefficient (Wildman–Crippen LogP) is 4.41. The number of carboxylic acids is 1. The van der Waals surface area contributed by atoms with E-state index in [4.69, 9.17) is 5.11 Å². The quantitative estimate of drug-likeness (QED) is 0.635. The maximum atomic E-state index is 12.3. The van der Waals surface area contributed by atoms with Gasteiger partial charge in [-0.15, -0.1) is 0 Å². The smallest absolute Gasteiger partial charge is 0.335 e. The Hall–Kier alpha value is -2.68. The minimum Gasteiger partial charge on any atom is -0.478 e. The minimum atomic E-state index is -0.959. The van der Waals surface area contributed by atoms with E-state index in [-0.39, 0.29) is 11.3 Å². The van der Waals surface area contributed by atoms with Gasteiger partial charge in [0.2, 0.25) is 0 Å². The summed E-state index contributed by atoms with van der Waals surface area (Å²) in [6, 6.07) is 12.3. The van der Waals surface area contributed by atoms with Gasteiger partial charge in [-0.3, -0.25) is 4.79 Å². The number of ketones is 1. The molecule has 0 amide bonds. The van der Waals surface area contributed by atoms with Gasteiger partial charge in [0, 0.05) is 5.56 Å². The summed E-state index contributed by atoms with van der Waals surface area (Å²) in [5.74, 6) is -1.01. The SMILES string of the molecule is CCc1ccc(C(=O)/C=C/c2ccc(C(=O)O)cc2)cc1CC. The zero-order valence-electron chi connectivity index (χ0n) is 13.4. The number of carbonyl (C=O) groups excluding carboxylic acids is 1. The number of hydrogen-bond acceptors (Lipinski definition) is 2. The molecular weight excluding hydrogens is 288 g/mol. The molecule has 0 unspecified atom stereocenters. The zero-order chi connectivity index (χ0) is 16.8. The standard InChI is InChI=1S/C20H20O3/c1-3-15-10-11-18(13-16(15)4-2)19(21)12-7-14-5-8-17(9-6-14)20(22)23/h5-13H,3-4H2,1-2H3,(H,22,23)/b12-7+. The highest BCUT2D eigenvalue weighted by atomic mass is 16.4. The molecule has 0 fully saturated rings. The molecule has 2 aromatic rings. The second-order valence-corrected chi connectivity index (χ2v) is 5.32. The van der Waals surface area contributed by atoms with Crippen molar-refractivity contribution in [3.63, 3.8) is 0 Å². The van der Waals surface area contributed by atoms with E-state index >= 15 is 0 Å². The van der Waals surface area contributed by atoms with E-state index in [1.54, 1.807) is 18.2 Å². The summed E-state index contributed by atoms with van der Waals surface area (Å²) in [4.78, 5) is 23.1. The van der Waals surface area contributed by atoms with Crippen LogP contribution in [0.3, 0.4) is 0 Å². The first-order valence-corrected chi connectivity index (χ1v) is 7.72. The van der Waals surface area contributed by atoms with Crippen LogP contribution in [-0.2, 0) is 12.8 Å². The maximum Gasteiger partial charge on any atom is 0.335 e. The lowest BCUT2D eigenvalue weighted by Crippen LogP contribution is -1.99. The fourth-order valence-electron chi connectivity index (χ4n) is 2.46. The van der Waals surface area contributed by atoms with Crippen molar-refractivity contribution in [3.8, 4) is 0 Å². The highest BCUT2D eigenvalue weighted by Crippen LogP contribution is 2.15. The topological polar surface area (TPSA) is 54.4 Å². The third-order valence-corrected chi connectivity index (χ3v) is 3.84. The van der Waals surface area contributed by atoms with Crippen molar-refractivity contribution in [1.29, 1.82) is 0 Å². The highest BCUT2D eigenvalue weighted by Gasteiger charge is 2.06. The van der Waals surface area contributed by atoms with Crippen LogP contribution in [0.2, 0.25) is 0 Å². The molecule has 0 aromatic heterocycles. The van der Waals surface area contributed by atoms with Crippen molar-refractivity contribution in [2.24, 2.45) is 0 Å². The molecule has 0 aliphatic heterocycles. The van der Waals surface area contributed by atoms with Crippen LogP contribution in [-0.4, -0.2) is 16.9 Å². The normalized spacial score (nSPS) is 10.9. The Labute approximate surface area is 136 Å². The maximum absolute atomic E-state index is 12.3. The second-order valence-electron chi connectivity index (χ2n) is 5.32. The van der Waals surface area contributed by atoms with E-state index in [9.17, 15) is 9.59 Å². The molecule has 118 valence electrons. The molecule has 0 saturated carbocycles. The van der Waals surface area contributed by atoms with Crippen molar-refractivity contribution < 1.29 is 14.7 Å². The monoisotopic (exact) mass is 308 g/mol. The lowest BCUT2D eigenvalue weighted by molar-refractivity contribution is 0.0696. The van der Waals surface area contributed by atoms with Crippen LogP contribution in [0.25, 0.3) is 6.08 Å². The van der Waals surface area contributed by atoms with Crippen molar-refractivity contribution in [3.05, 3.63) is 76.4 Å². The number of rotatable bonds is 6. The molecule has 2 aromatic carbocycles. The summed E-state index contributed by atoms with van der Waals surface area (Å²) in [7, 11) is 0. The molecule has 3 nitrogen and oxygen atoms in total. The molecule has 0 aliphatic rings. The van der Waals surface area contributed by atoms with Crippen LogP contribution >= 0.6 is 0 Å². The summed E-state index contributed by atoms with van der Waals surface area (Å²) >= 11 is 0. The van der Waals surface area contributed by atoms with Crippen molar-refractivity contribution in [2.45, 2.75) is 26.7 Å². The second kappa shape index (κ2) is 7.54. The van der Waals surface area contributed by atoms with Gasteiger partial charge < -0.3 is 5.11 Å². The largest absolute Gasteiger partial charge is 0.478 e. The first-order valence-electron chi connectivity index (χ1n) is 7.72. The summed E-state index contributed by atoms with van der Waals surface area (Å²) in [5, 5.41) is 8.86. The molecule has 0 atom stereocenters. The summed E-state index contributed by atoms with van der Waals surface area (Å²) in [6.07, 6.45) is 5.09.